The van der Waals surface area contributed by atoms with E-state index in [1.54, 1.807) is 0 Å². The van der Waals surface area contributed by atoms with E-state index in [1.165, 1.54) is 13.0 Å². The second kappa shape index (κ2) is 10.6. The molecule has 0 aliphatic carbocycles. The quantitative estimate of drug-likeness (QED) is 0.307. The summed E-state index contributed by atoms with van der Waals surface area (Å²) in [5.41, 5.74) is -5.47. The molecule has 0 aliphatic rings. The van der Waals surface area contributed by atoms with Crippen LogP contribution in [0.4, 0.5) is 33.3 Å². The first-order valence-corrected chi connectivity index (χ1v) is 10.6. The molecule has 3 rings (SSSR count). The first-order chi connectivity index (χ1) is 16.8. The van der Waals surface area contributed by atoms with Gasteiger partial charge in [-0.2, -0.15) is 0 Å². The van der Waals surface area contributed by atoms with Crippen molar-refractivity contribution in [2.45, 2.75) is 24.5 Å². The molecule has 2 aromatic carbocycles. The number of hydrogen-bond donors (Lipinski definition) is 1. The third kappa shape index (κ3) is 6.00. The Labute approximate surface area is 210 Å². The van der Waals surface area contributed by atoms with Gasteiger partial charge < -0.3 is 10.1 Å². The Kier molecular flexibility index (Phi) is 7.99. The van der Waals surface area contributed by atoms with Crippen LogP contribution in [-0.2, 0) is 15.1 Å². The molecule has 1 aromatic heterocycles. The number of carbonyl (C=O) groups excluding carboxylic acids is 2. The smallest absolute Gasteiger partial charge is 0.406 e. The maximum atomic E-state index is 14.4. The third-order valence-electron chi connectivity index (χ3n) is 4.93. The predicted octanol–water partition coefficient (Wildman–Crippen LogP) is 5.59. The van der Waals surface area contributed by atoms with Crippen molar-refractivity contribution in [3.8, 4) is 5.75 Å². The fourth-order valence-electron chi connectivity index (χ4n) is 3.25. The Balaban J connectivity index is 2.15. The lowest BCUT2D eigenvalue weighted by molar-refractivity contribution is -0.274. The maximum absolute atomic E-state index is 14.4. The van der Waals surface area contributed by atoms with Gasteiger partial charge in [0.15, 0.2) is 5.54 Å². The Hall–Kier alpha value is -3.51. The summed E-state index contributed by atoms with van der Waals surface area (Å²) in [6, 6.07) is 7.05. The van der Waals surface area contributed by atoms with Crippen LogP contribution in [0.1, 0.15) is 12.5 Å². The summed E-state index contributed by atoms with van der Waals surface area (Å²) in [4.78, 5) is 34.7. The lowest BCUT2D eigenvalue weighted by atomic mass is 9.89. The second-order valence-electron chi connectivity index (χ2n) is 7.29. The molecule has 0 spiro atoms. The highest BCUT2D eigenvalue weighted by Crippen LogP contribution is 2.37. The van der Waals surface area contributed by atoms with E-state index in [2.05, 4.69) is 20.0 Å². The van der Waals surface area contributed by atoms with Crippen molar-refractivity contribution in [3.63, 3.8) is 0 Å². The van der Waals surface area contributed by atoms with Crippen molar-refractivity contribution >= 4 is 46.4 Å². The summed E-state index contributed by atoms with van der Waals surface area (Å²) in [6.07, 6.45) is -1.58. The van der Waals surface area contributed by atoms with E-state index < -0.39 is 40.9 Å². The van der Waals surface area contributed by atoms with Crippen LogP contribution in [0.3, 0.4) is 0 Å². The largest absolute Gasteiger partial charge is 0.573 e. The Morgan fingerprint density at radius 2 is 1.69 bits per heavy atom. The lowest BCUT2D eigenvalue weighted by Gasteiger charge is -2.40. The fourth-order valence-corrected chi connectivity index (χ4v) is 3.50. The summed E-state index contributed by atoms with van der Waals surface area (Å²) >= 11 is 11.2. The van der Waals surface area contributed by atoms with E-state index in [4.69, 9.17) is 23.2 Å². The standard InChI is InChI=1S/C22H15Cl2F5N4O3/c1-21(12-9-30-11-31-10-12,20(35)32-17-7-2-13(23)8-16(17)25)33(19(34)18(24)26)14-3-5-15(6-4-14)36-22(27,28)29/h2-11,18H,1H3,(H,32,35)/t18-,21?/m0/s1. The van der Waals surface area contributed by atoms with Crippen LogP contribution in [0.15, 0.2) is 61.2 Å². The zero-order valence-corrected chi connectivity index (χ0v) is 19.6. The second-order valence-corrected chi connectivity index (χ2v) is 8.11. The van der Waals surface area contributed by atoms with Crippen LogP contribution in [0, 0.1) is 5.82 Å². The molecule has 3 aromatic rings. The number of carbonyl (C=O) groups is 2. The fraction of sp³-hybridized carbons (Fsp3) is 0.182. The van der Waals surface area contributed by atoms with Gasteiger partial charge in [-0.25, -0.2) is 18.7 Å². The van der Waals surface area contributed by atoms with Crippen molar-refractivity contribution < 1.29 is 36.3 Å². The Morgan fingerprint density at radius 3 is 2.22 bits per heavy atom. The number of benzene rings is 2. The molecule has 1 N–H and O–H groups in total. The maximum Gasteiger partial charge on any atom is 0.573 e. The Bertz CT molecular complexity index is 1250. The molecule has 2 atom stereocenters. The van der Waals surface area contributed by atoms with Crippen molar-refractivity contribution in [2.75, 3.05) is 10.2 Å². The number of alkyl halides is 5. The van der Waals surface area contributed by atoms with Crippen molar-refractivity contribution in [1.82, 2.24) is 9.97 Å². The van der Waals surface area contributed by atoms with E-state index >= 15 is 0 Å². The first-order valence-electron chi connectivity index (χ1n) is 9.83. The number of aromatic nitrogens is 2. The van der Waals surface area contributed by atoms with Gasteiger partial charge in [0.1, 0.15) is 17.9 Å². The molecular formula is C22H15Cl2F5N4O3. The zero-order valence-electron chi connectivity index (χ0n) is 18.1. The van der Waals surface area contributed by atoms with E-state index in [0.717, 1.165) is 55.1 Å². The average molecular weight is 549 g/mol. The number of rotatable bonds is 7. The monoisotopic (exact) mass is 548 g/mol. The Morgan fingerprint density at radius 1 is 1.08 bits per heavy atom. The number of anilines is 2. The number of nitrogens with zero attached hydrogens (tertiary/aromatic N) is 3. The minimum atomic E-state index is -4.99. The summed E-state index contributed by atoms with van der Waals surface area (Å²) in [5.74, 6) is -4.05. The van der Waals surface area contributed by atoms with Gasteiger partial charge in [0, 0.05) is 28.7 Å². The van der Waals surface area contributed by atoms with Crippen molar-refractivity contribution in [2.24, 2.45) is 0 Å². The van der Waals surface area contributed by atoms with Crippen LogP contribution >= 0.6 is 23.2 Å². The average Bonchev–Trinajstić information content (AvgIpc) is 2.81. The first kappa shape index (κ1) is 27.1. The molecule has 36 heavy (non-hydrogen) atoms. The minimum Gasteiger partial charge on any atom is -0.406 e. The normalized spacial score (nSPS) is 13.9. The highest BCUT2D eigenvalue weighted by atomic mass is 35.5. The van der Waals surface area contributed by atoms with Gasteiger partial charge in [0.2, 0.25) is 0 Å². The van der Waals surface area contributed by atoms with Gasteiger partial charge in [-0.05, 0) is 49.4 Å². The zero-order chi connectivity index (χ0) is 26.7. The number of hydrogen-bond acceptors (Lipinski definition) is 5. The molecule has 1 heterocycles. The summed E-state index contributed by atoms with van der Waals surface area (Å²) in [6.45, 7) is 1.17. The third-order valence-corrected chi connectivity index (χ3v) is 5.35. The molecule has 0 aliphatic heterocycles. The molecule has 190 valence electrons. The van der Waals surface area contributed by atoms with Crippen molar-refractivity contribution in [3.05, 3.63) is 77.6 Å². The molecule has 14 heteroatoms. The van der Waals surface area contributed by atoms with Crippen LogP contribution in [0.2, 0.25) is 5.02 Å². The van der Waals surface area contributed by atoms with Crippen LogP contribution in [0.5, 0.6) is 5.75 Å². The van der Waals surface area contributed by atoms with Crippen LogP contribution in [0.25, 0.3) is 0 Å². The van der Waals surface area contributed by atoms with Gasteiger partial charge in [-0.3, -0.25) is 14.5 Å². The summed E-state index contributed by atoms with van der Waals surface area (Å²) in [5, 5.41) is 2.35. The highest BCUT2D eigenvalue weighted by Gasteiger charge is 2.47. The number of ether oxygens (including phenoxy) is 1. The molecule has 0 bridgehead atoms. The molecule has 0 saturated carbocycles. The molecule has 2 amide bonds. The van der Waals surface area contributed by atoms with E-state index in [0.29, 0.717) is 4.90 Å². The number of amides is 2. The van der Waals surface area contributed by atoms with Gasteiger partial charge in [0.05, 0.1) is 5.69 Å². The predicted molar refractivity (Wildman–Crippen MR) is 121 cm³/mol. The molecule has 7 nitrogen and oxygen atoms in total. The lowest BCUT2D eigenvalue weighted by Crippen LogP contribution is -2.57. The van der Waals surface area contributed by atoms with Crippen molar-refractivity contribution in [1.29, 1.82) is 0 Å². The molecule has 0 fully saturated rings. The molecule has 1 unspecified atom stereocenters. The topological polar surface area (TPSA) is 84.4 Å². The summed E-state index contributed by atoms with van der Waals surface area (Å²) in [7, 11) is 0. The molecule has 0 saturated heterocycles. The van der Waals surface area contributed by atoms with Crippen LogP contribution in [-0.4, -0.2) is 33.8 Å². The van der Waals surface area contributed by atoms with E-state index in [9.17, 15) is 31.5 Å². The minimum absolute atomic E-state index is 0.0464. The molecule has 0 radical (unpaired) electrons. The number of nitrogens with one attached hydrogen (secondary N) is 1. The highest BCUT2D eigenvalue weighted by molar-refractivity contribution is 6.32. The number of halogens is 7. The van der Waals surface area contributed by atoms with Gasteiger partial charge in [0.25, 0.3) is 17.4 Å². The van der Waals surface area contributed by atoms with Gasteiger partial charge >= 0.3 is 6.36 Å². The van der Waals surface area contributed by atoms with Crippen LogP contribution < -0.4 is 15.0 Å². The van der Waals surface area contributed by atoms with E-state index in [1.807, 2.05) is 0 Å². The summed E-state index contributed by atoms with van der Waals surface area (Å²) < 4.78 is 70.0. The SMILES string of the molecule is CC(C(=O)Nc1ccc(Cl)cc1F)(c1cncnc1)N(C(=O)[C@H](F)Cl)c1ccc(OC(F)(F)F)cc1. The van der Waals surface area contributed by atoms with Gasteiger partial charge in [-0.15, -0.1) is 13.2 Å². The van der Waals surface area contributed by atoms with Gasteiger partial charge in [-0.1, -0.05) is 23.2 Å². The van der Waals surface area contributed by atoms with E-state index in [-0.39, 0.29) is 22.0 Å². The molecular weight excluding hydrogens is 534 g/mol.